The largest absolute Gasteiger partial charge is 0.360 e. The summed E-state index contributed by atoms with van der Waals surface area (Å²) in [7, 11) is 0. The van der Waals surface area contributed by atoms with Crippen molar-refractivity contribution in [3.8, 4) is 0 Å². The minimum absolute atomic E-state index is 0.0901. The molecule has 1 aliphatic carbocycles. The Balaban J connectivity index is 1.25. The smallest absolute Gasteiger partial charge is 0.273 e. The van der Waals surface area contributed by atoms with Crippen molar-refractivity contribution in [2.45, 2.75) is 51.0 Å². The van der Waals surface area contributed by atoms with Gasteiger partial charge in [-0.2, -0.15) is 0 Å². The summed E-state index contributed by atoms with van der Waals surface area (Å²) < 4.78 is 5.30. The number of hydrogen-bond acceptors (Lipinski definition) is 5. The van der Waals surface area contributed by atoms with Crippen molar-refractivity contribution < 1.29 is 9.32 Å². The summed E-state index contributed by atoms with van der Waals surface area (Å²) >= 11 is 0. The molecule has 6 heteroatoms. The van der Waals surface area contributed by atoms with Gasteiger partial charge in [0, 0.05) is 31.1 Å². The van der Waals surface area contributed by atoms with Crippen molar-refractivity contribution in [1.29, 1.82) is 0 Å². The number of hydrogen-bond donors (Lipinski definition) is 2. The Bertz CT molecular complexity index is 592. The van der Waals surface area contributed by atoms with E-state index in [0.29, 0.717) is 17.5 Å². The van der Waals surface area contributed by atoms with Gasteiger partial charge in [-0.25, -0.2) is 0 Å². The van der Waals surface area contributed by atoms with Gasteiger partial charge in [0.25, 0.3) is 5.91 Å². The van der Waals surface area contributed by atoms with Crippen LogP contribution in [0.15, 0.2) is 10.6 Å². The highest BCUT2D eigenvalue weighted by atomic mass is 16.5. The van der Waals surface area contributed by atoms with Crippen molar-refractivity contribution in [1.82, 2.24) is 20.7 Å². The van der Waals surface area contributed by atoms with E-state index in [9.17, 15) is 4.79 Å². The molecule has 0 spiro atoms. The molecule has 3 heterocycles. The van der Waals surface area contributed by atoms with Crippen molar-refractivity contribution in [3.05, 3.63) is 17.5 Å². The number of rotatable bonds is 6. The molecule has 2 aliphatic heterocycles. The molecular formula is C19H30N4O2. The van der Waals surface area contributed by atoms with Gasteiger partial charge in [-0.05, 0) is 63.6 Å². The molecule has 25 heavy (non-hydrogen) atoms. The van der Waals surface area contributed by atoms with Crippen LogP contribution in [0, 0.1) is 11.8 Å². The Kier molecular flexibility index (Phi) is 5.08. The second-order valence-electron chi connectivity index (χ2n) is 8.19. The first-order valence-electron chi connectivity index (χ1n) is 9.89. The first kappa shape index (κ1) is 17.0. The maximum absolute atomic E-state index is 12.5. The number of carbonyl (C=O) groups excluding carboxylic acids is 1. The van der Waals surface area contributed by atoms with Gasteiger partial charge in [0.2, 0.25) is 0 Å². The van der Waals surface area contributed by atoms with Crippen LogP contribution in [0.4, 0.5) is 0 Å². The third-order valence-electron chi connectivity index (χ3n) is 6.06. The first-order valence-corrected chi connectivity index (χ1v) is 9.89. The molecule has 0 radical (unpaired) electrons. The normalized spacial score (nSPS) is 28.4. The van der Waals surface area contributed by atoms with E-state index in [1.807, 2.05) is 6.07 Å². The first-order chi connectivity index (χ1) is 12.2. The van der Waals surface area contributed by atoms with Gasteiger partial charge in [-0.3, -0.25) is 4.79 Å². The van der Waals surface area contributed by atoms with Gasteiger partial charge < -0.3 is 20.1 Å². The highest BCUT2D eigenvalue weighted by Crippen LogP contribution is 2.40. The molecule has 1 saturated carbocycles. The zero-order chi connectivity index (χ0) is 17.2. The van der Waals surface area contributed by atoms with Gasteiger partial charge >= 0.3 is 0 Å². The van der Waals surface area contributed by atoms with Crippen LogP contribution >= 0.6 is 0 Å². The molecule has 1 aromatic rings. The standard InChI is InChI=1S/C19H30N4O2/c1-13-11-23(9-6-14-4-7-20-8-5-14)12-17(13)21-19(24)16-10-18(25-22-16)15-2-3-15/h10,13-15,17,20H,2-9,11-12H2,1H3,(H,21,24). The minimum Gasteiger partial charge on any atom is -0.360 e. The lowest BCUT2D eigenvalue weighted by atomic mass is 9.94. The molecule has 2 N–H and O–H groups in total. The van der Waals surface area contributed by atoms with Crippen LogP contribution in [-0.4, -0.2) is 54.7 Å². The van der Waals surface area contributed by atoms with Crippen molar-refractivity contribution in [2.24, 2.45) is 11.8 Å². The van der Waals surface area contributed by atoms with Gasteiger partial charge in [-0.1, -0.05) is 12.1 Å². The van der Waals surface area contributed by atoms with Crippen LogP contribution in [0.2, 0.25) is 0 Å². The Morgan fingerprint density at radius 3 is 2.88 bits per heavy atom. The molecule has 138 valence electrons. The maximum Gasteiger partial charge on any atom is 0.273 e. The molecule has 1 amide bonds. The molecule has 0 aromatic carbocycles. The lowest BCUT2D eigenvalue weighted by Crippen LogP contribution is -2.40. The summed E-state index contributed by atoms with van der Waals surface area (Å²) in [6, 6.07) is 2.03. The molecule has 2 saturated heterocycles. The van der Waals surface area contributed by atoms with Crippen molar-refractivity contribution in [3.63, 3.8) is 0 Å². The highest BCUT2D eigenvalue weighted by Gasteiger charge is 2.33. The number of likely N-dealkylation sites (tertiary alicyclic amines) is 1. The predicted octanol–water partition coefficient (Wildman–Crippen LogP) is 1.99. The minimum atomic E-state index is -0.0901. The van der Waals surface area contributed by atoms with Gasteiger partial charge in [0.15, 0.2) is 5.69 Å². The van der Waals surface area contributed by atoms with Crippen LogP contribution in [0.1, 0.15) is 61.2 Å². The average molecular weight is 346 g/mol. The van der Waals surface area contributed by atoms with Crippen molar-refractivity contribution in [2.75, 3.05) is 32.7 Å². The number of amides is 1. The monoisotopic (exact) mass is 346 g/mol. The van der Waals surface area contributed by atoms with Crippen LogP contribution in [0.3, 0.4) is 0 Å². The fourth-order valence-corrected chi connectivity index (χ4v) is 4.17. The summed E-state index contributed by atoms with van der Waals surface area (Å²) in [6.07, 6.45) is 6.20. The van der Waals surface area contributed by atoms with E-state index in [1.165, 1.54) is 32.4 Å². The fraction of sp³-hybridized carbons (Fsp3) is 0.789. The molecular weight excluding hydrogens is 316 g/mol. The lowest BCUT2D eigenvalue weighted by Gasteiger charge is -2.25. The summed E-state index contributed by atoms with van der Waals surface area (Å²) in [4.78, 5) is 15.0. The molecule has 3 fully saturated rings. The van der Waals surface area contributed by atoms with E-state index >= 15 is 0 Å². The quantitative estimate of drug-likeness (QED) is 0.824. The van der Waals surface area contributed by atoms with Crippen LogP contribution < -0.4 is 10.6 Å². The number of piperidine rings is 1. The molecule has 2 atom stereocenters. The number of nitrogens with one attached hydrogen (secondary N) is 2. The van der Waals surface area contributed by atoms with Gasteiger partial charge in [0.05, 0.1) is 0 Å². The zero-order valence-electron chi connectivity index (χ0n) is 15.2. The molecule has 1 aromatic heterocycles. The number of aromatic nitrogens is 1. The highest BCUT2D eigenvalue weighted by molar-refractivity contribution is 5.92. The molecule has 0 bridgehead atoms. The molecule has 6 nitrogen and oxygen atoms in total. The van der Waals surface area contributed by atoms with E-state index in [4.69, 9.17) is 4.52 Å². The second-order valence-corrected chi connectivity index (χ2v) is 8.19. The number of nitrogens with zero attached hydrogens (tertiary/aromatic N) is 2. The Morgan fingerprint density at radius 2 is 2.12 bits per heavy atom. The zero-order valence-corrected chi connectivity index (χ0v) is 15.2. The summed E-state index contributed by atoms with van der Waals surface area (Å²) in [5, 5.41) is 10.6. The van der Waals surface area contributed by atoms with E-state index in [0.717, 1.165) is 44.2 Å². The van der Waals surface area contributed by atoms with Gasteiger partial charge in [0.1, 0.15) is 5.76 Å². The SMILES string of the molecule is CC1CN(CCC2CCNCC2)CC1NC(=O)c1cc(C2CC2)on1. The van der Waals surface area contributed by atoms with E-state index in [1.54, 1.807) is 0 Å². The van der Waals surface area contributed by atoms with E-state index < -0.39 is 0 Å². The summed E-state index contributed by atoms with van der Waals surface area (Å²) in [5.74, 6) is 2.61. The molecule has 3 aliphatic rings. The maximum atomic E-state index is 12.5. The van der Waals surface area contributed by atoms with Crippen LogP contribution in [-0.2, 0) is 0 Å². The van der Waals surface area contributed by atoms with E-state index in [2.05, 4.69) is 27.6 Å². The molecule has 4 rings (SSSR count). The number of carbonyl (C=O) groups is 1. The van der Waals surface area contributed by atoms with Crippen LogP contribution in [0.25, 0.3) is 0 Å². The summed E-state index contributed by atoms with van der Waals surface area (Å²) in [5.41, 5.74) is 0.433. The Hall–Kier alpha value is -1.40. The Morgan fingerprint density at radius 1 is 1.32 bits per heavy atom. The predicted molar refractivity (Wildman–Crippen MR) is 95.5 cm³/mol. The lowest BCUT2D eigenvalue weighted by molar-refractivity contribution is 0.0922. The topological polar surface area (TPSA) is 70.4 Å². The molecule has 2 unspecified atom stereocenters. The third-order valence-corrected chi connectivity index (χ3v) is 6.06. The van der Waals surface area contributed by atoms with Crippen LogP contribution in [0.5, 0.6) is 0 Å². The van der Waals surface area contributed by atoms with E-state index in [-0.39, 0.29) is 11.9 Å². The third kappa shape index (κ3) is 4.23. The second kappa shape index (κ2) is 7.46. The summed E-state index contributed by atoms with van der Waals surface area (Å²) in [6.45, 7) is 7.74. The average Bonchev–Trinajstić information content (AvgIpc) is 3.25. The fourth-order valence-electron chi connectivity index (χ4n) is 4.17. The Labute approximate surface area is 149 Å². The van der Waals surface area contributed by atoms with Crippen molar-refractivity contribution >= 4 is 5.91 Å². The van der Waals surface area contributed by atoms with Gasteiger partial charge in [-0.15, -0.1) is 0 Å².